The van der Waals surface area contributed by atoms with Crippen molar-refractivity contribution in [3.63, 3.8) is 0 Å². The molecular formula is C14H20O3. The van der Waals surface area contributed by atoms with Crippen molar-refractivity contribution in [3.8, 4) is 5.75 Å². The Balaban J connectivity index is 3.33. The number of aryl methyl sites for hydroxylation is 1. The molecule has 0 aromatic heterocycles. The number of hydrogen-bond acceptors (Lipinski definition) is 2. The maximum atomic E-state index is 10.9. The van der Waals surface area contributed by atoms with Gasteiger partial charge in [-0.25, -0.2) is 0 Å². The van der Waals surface area contributed by atoms with Crippen LogP contribution < -0.4 is 4.74 Å². The van der Waals surface area contributed by atoms with Crippen molar-refractivity contribution < 1.29 is 14.6 Å². The van der Waals surface area contributed by atoms with Gasteiger partial charge in [-0.05, 0) is 23.5 Å². The van der Waals surface area contributed by atoms with Gasteiger partial charge in [0, 0.05) is 5.56 Å². The molecule has 0 spiro atoms. The molecule has 0 amide bonds. The second-order valence-corrected chi connectivity index (χ2v) is 5.31. The highest BCUT2D eigenvalue weighted by atomic mass is 16.5. The molecule has 0 unspecified atom stereocenters. The molecule has 0 fully saturated rings. The van der Waals surface area contributed by atoms with Gasteiger partial charge in [0.05, 0.1) is 13.5 Å². The molecule has 1 rings (SSSR count). The molecule has 0 bridgehead atoms. The molecule has 94 valence electrons. The Labute approximate surface area is 102 Å². The van der Waals surface area contributed by atoms with E-state index in [4.69, 9.17) is 9.84 Å². The Morgan fingerprint density at radius 1 is 1.35 bits per heavy atom. The van der Waals surface area contributed by atoms with Gasteiger partial charge in [-0.1, -0.05) is 32.9 Å². The van der Waals surface area contributed by atoms with Gasteiger partial charge in [0.15, 0.2) is 0 Å². The lowest BCUT2D eigenvalue weighted by atomic mass is 9.84. The minimum absolute atomic E-state index is 0.00425. The van der Waals surface area contributed by atoms with Crippen molar-refractivity contribution in [1.29, 1.82) is 0 Å². The van der Waals surface area contributed by atoms with Crippen LogP contribution in [-0.2, 0) is 16.6 Å². The van der Waals surface area contributed by atoms with E-state index in [0.717, 1.165) is 16.7 Å². The summed E-state index contributed by atoms with van der Waals surface area (Å²) < 4.78 is 5.28. The number of benzene rings is 1. The largest absolute Gasteiger partial charge is 0.496 e. The summed E-state index contributed by atoms with van der Waals surface area (Å²) in [5.41, 5.74) is 2.86. The van der Waals surface area contributed by atoms with Crippen LogP contribution >= 0.6 is 0 Å². The smallest absolute Gasteiger partial charge is 0.307 e. The fourth-order valence-corrected chi connectivity index (χ4v) is 1.87. The van der Waals surface area contributed by atoms with Gasteiger partial charge < -0.3 is 9.84 Å². The summed E-state index contributed by atoms with van der Waals surface area (Å²) in [4.78, 5) is 10.9. The van der Waals surface area contributed by atoms with Crippen molar-refractivity contribution in [2.45, 2.75) is 39.5 Å². The maximum Gasteiger partial charge on any atom is 0.307 e. The van der Waals surface area contributed by atoms with Gasteiger partial charge in [-0.15, -0.1) is 0 Å². The van der Waals surface area contributed by atoms with Crippen molar-refractivity contribution >= 4 is 5.97 Å². The van der Waals surface area contributed by atoms with Crippen LogP contribution in [0.1, 0.15) is 37.5 Å². The van der Waals surface area contributed by atoms with Crippen LogP contribution in [0.25, 0.3) is 0 Å². The first kappa shape index (κ1) is 13.6. The first-order valence-electron chi connectivity index (χ1n) is 5.65. The van der Waals surface area contributed by atoms with Crippen LogP contribution in [0.2, 0.25) is 0 Å². The first-order valence-corrected chi connectivity index (χ1v) is 5.65. The maximum absolute atomic E-state index is 10.9. The van der Waals surface area contributed by atoms with Gasteiger partial charge in [-0.3, -0.25) is 4.79 Å². The molecule has 1 N–H and O–H groups in total. The van der Waals surface area contributed by atoms with Gasteiger partial charge in [0.25, 0.3) is 0 Å². The quantitative estimate of drug-likeness (QED) is 0.877. The van der Waals surface area contributed by atoms with Crippen molar-refractivity contribution in [3.05, 3.63) is 28.8 Å². The molecule has 0 saturated carbocycles. The minimum atomic E-state index is -0.839. The highest BCUT2D eigenvalue weighted by molar-refractivity contribution is 5.72. The third-order valence-corrected chi connectivity index (χ3v) is 2.76. The molecule has 0 aliphatic heterocycles. The fraction of sp³-hybridized carbons (Fsp3) is 0.500. The predicted octanol–water partition coefficient (Wildman–Crippen LogP) is 2.93. The highest BCUT2D eigenvalue weighted by Crippen LogP contribution is 2.31. The summed E-state index contributed by atoms with van der Waals surface area (Å²) in [5.74, 6) is -0.158. The Bertz CT molecular complexity index is 428. The van der Waals surface area contributed by atoms with E-state index in [1.54, 1.807) is 7.11 Å². The van der Waals surface area contributed by atoms with E-state index in [1.165, 1.54) is 0 Å². The Morgan fingerprint density at radius 2 is 1.94 bits per heavy atom. The zero-order valence-electron chi connectivity index (χ0n) is 11.1. The van der Waals surface area contributed by atoms with E-state index < -0.39 is 5.97 Å². The summed E-state index contributed by atoms with van der Waals surface area (Å²) in [6.45, 7) is 8.27. The van der Waals surface area contributed by atoms with Crippen LogP contribution in [0.15, 0.2) is 12.1 Å². The zero-order chi connectivity index (χ0) is 13.2. The molecule has 0 atom stereocenters. The van der Waals surface area contributed by atoms with Crippen LogP contribution in [-0.4, -0.2) is 18.2 Å². The third kappa shape index (κ3) is 3.22. The number of rotatable bonds is 3. The molecule has 1 aromatic carbocycles. The van der Waals surface area contributed by atoms with Crippen LogP contribution in [0.3, 0.4) is 0 Å². The normalized spacial score (nSPS) is 11.4. The van der Waals surface area contributed by atoms with E-state index in [-0.39, 0.29) is 11.8 Å². The van der Waals surface area contributed by atoms with Crippen LogP contribution in [0.4, 0.5) is 0 Å². The summed E-state index contributed by atoms with van der Waals surface area (Å²) >= 11 is 0. The number of carbonyl (C=O) groups is 1. The second-order valence-electron chi connectivity index (χ2n) is 5.31. The lowest BCUT2D eigenvalue weighted by Crippen LogP contribution is -2.13. The molecule has 1 aromatic rings. The van der Waals surface area contributed by atoms with Crippen molar-refractivity contribution in [1.82, 2.24) is 0 Å². The van der Waals surface area contributed by atoms with E-state index in [0.29, 0.717) is 5.75 Å². The van der Waals surface area contributed by atoms with Crippen molar-refractivity contribution in [2.24, 2.45) is 0 Å². The Hall–Kier alpha value is -1.51. The number of hydrogen-bond donors (Lipinski definition) is 1. The van der Waals surface area contributed by atoms with Gasteiger partial charge in [-0.2, -0.15) is 0 Å². The lowest BCUT2D eigenvalue weighted by molar-refractivity contribution is -0.136. The topological polar surface area (TPSA) is 46.5 Å². The molecule has 0 saturated heterocycles. The molecule has 0 heterocycles. The number of methoxy groups -OCH3 is 1. The number of carboxylic acid groups (broad SMARTS) is 1. The van der Waals surface area contributed by atoms with Gasteiger partial charge in [0.1, 0.15) is 5.75 Å². The predicted molar refractivity (Wildman–Crippen MR) is 67.8 cm³/mol. The Kier molecular flexibility index (Phi) is 3.81. The molecular weight excluding hydrogens is 216 g/mol. The molecule has 0 aliphatic carbocycles. The fourth-order valence-electron chi connectivity index (χ4n) is 1.87. The summed E-state index contributed by atoms with van der Waals surface area (Å²) in [6, 6.07) is 3.99. The molecule has 17 heavy (non-hydrogen) atoms. The van der Waals surface area contributed by atoms with Crippen molar-refractivity contribution in [2.75, 3.05) is 7.11 Å². The number of carboxylic acids is 1. The average molecular weight is 236 g/mol. The summed E-state index contributed by atoms with van der Waals surface area (Å²) in [5, 5.41) is 8.92. The third-order valence-electron chi connectivity index (χ3n) is 2.76. The molecule has 0 radical (unpaired) electrons. The lowest BCUT2D eigenvalue weighted by Gasteiger charge is -2.22. The highest BCUT2D eigenvalue weighted by Gasteiger charge is 2.18. The molecule has 3 nitrogen and oxygen atoms in total. The summed E-state index contributed by atoms with van der Waals surface area (Å²) in [6.07, 6.45) is -0.00602. The van der Waals surface area contributed by atoms with Gasteiger partial charge in [0.2, 0.25) is 0 Å². The first-order chi connectivity index (χ1) is 7.75. The number of ether oxygens (including phenoxy) is 1. The van der Waals surface area contributed by atoms with Crippen LogP contribution in [0.5, 0.6) is 5.75 Å². The monoisotopic (exact) mass is 236 g/mol. The SMILES string of the molecule is COc1c(C)cc(C(C)(C)C)cc1CC(=O)O. The van der Waals surface area contributed by atoms with Gasteiger partial charge >= 0.3 is 5.97 Å². The Morgan fingerprint density at radius 3 is 2.35 bits per heavy atom. The molecule has 0 aliphatic rings. The number of aliphatic carboxylic acids is 1. The van der Waals surface area contributed by atoms with Crippen LogP contribution in [0, 0.1) is 6.92 Å². The second kappa shape index (κ2) is 4.78. The molecule has 3 heteroatoms. The zero-order valence-corrected chi connectivity index (χ0v) is 11.1. The van der Waals surface area contributed by atoms with E-state index in [2.05, 4.69) is 26.8 Å². The minimum Gasteiger partial charge on any atom is -0.496 e. The van der Waals surface area contributed by atoms with E-state index >= 15 is 0 Å². The standard InChI is InChI=1S/C14H20O3/c1-9-6-11(14(2,3)4)7-10(8-12(15)16)13(9)17-5/h6-7H,8H2,1-5H3,(H,15,16). The van der Waals surface area contributed by atoms with E-state index in [9.17, 15) is 4.79 Å². The summed E-state index contributed by atoms with van der Waals surface area (Å²) in [7, 11) is 1.57. The van der Waals surface area contributed by atoms with E-state index in [1.807, 2.05) is 13.0 Å². The average Bonchev–Trinajstić information content (AvgIpc) is 2.14.